The molecule has 7 heteroatoms. The van der Waals surface area contributed by atoms with Crippen molar-refractivity contribution in [2.45, 2.75) is 32.4 Å². The van der Waals surface area contributed by atoms with Gasteiger partial charge in [0.15, 0.2) is 0 Å². The first kappa shape index (κ1) is 20.1. The lowest BCUT2D eigenvalue weighted by Gasteiger charge is -2.27. The normalized spacial score (nSPS) is 15.3. The van der Waals surface area contributed by atoms with Crippen LogP contribution < -0.4 is 10.1 Å². The van der Waals surface area contributed by atoms with Crippen molar-refractivity contribution in [3.8, 4) is 5.75 Å². The monoisotopic (exact) mass is 427 g/mol. The zero-order chi connectivity index (χ0) is 20.1. The molecule has 1 aromatic carbocycles. The second-order valence-corrected chi connectivity index (χ2v) is 9.20. The first-order chi connectivity index (χ1) is 14.2. The molecule has 0 aliphatic carbocycles. The van der Waals surface area contributed by atoms with Crippen LogP contribution in [0.15, 0.2) is 47.2 Å². The Labute approximate surface area is 179 Å². The number of aryl methyl sites for hydroxylation is 1. The summed E-state index contributed by atoms with van der Waals surface area (Å²) in [5.41, 5.74) is 1.52. The molecule has 0 bridgehead atoms. The molecule has 1 aliphatic rings. The lowest BCUT2D eigenvalue weighted by atomic mass is 10.1. The minimum absolute atomic E-state index is 0.0688. The quantitative estimate of drug-likeness (QED) is 0.568. The molecular formula is C22H25N3O2S2. The molecule has 1 amide bonds. The van der Waals surface area contributed by atoms with E-state index in [1.165, 1.54) is 17.7 Å². The number of benzene rings is 1. The number of nitrogens with zero attached hydrogens (tertiary/aromatic N) is 2. The number of hydrogen-bond donors (Lipinski definition) is 1. The van der Waals surface area contributed by atoms with Gasteiger partial charge in [0.25, 0.3) is 5.91 Å². The summed E-state index contributed by atoms with van der Waals surface area (Å²) in [6.07, 6.45) is 2.46. The summed E-state index contributed by atoms with van der Waals surface area (Å²) in [5, 5.41) is 8.25. The van der Waals surface area contributed by atoms with E-state index in [0.29, 0.717) is 24.5 Å². The van der Waals surface area contributed by atoms with Crippen LogP contribution in [-0.4, -0.2) is 35.4 Å². The van der Waals surface area contributed by atoms with Crippen LogP contribution >= 0.6 is 22.7 Å². The molecule has 0 radical (unpaired) electrons. The van der Waals surface area contributed by atoms with Gasteiger partial charge in [-0.25, -0.2) is 4.98 Å². The topological polar surface area (TPSA) is 54.5 Å². The van der Waals surface area contributed by atoms with Crippen molar-refractivity contribution in [2.75, 3.05) is 19.6 Å². The van der Waals surface area contributed by atoms with E-state index in [1.54, 1.807) is 28.7 Å². The predicted octanol–water partition coefficient (Wildman–Crippen LogP) is 4.66. The van der Waals surface area contributed by atoms with Gasteiger partial charge in [-0.05, 0) is 62.5 Å². The van der Waals surface area contributed by atoms with E-state index in [0.717, 1.165) is 23.8 Å². The summed E-state index contributed by atoms with van der Waals surface area (Å²) in [6, 6.07) is 11.8. The maximum absolute atomic E-state index is 12.8. The van der Waals surface area contributed by atoms with Crippen molar-refractivity contribution < 1.29 is 9.53 Å². The summed E-state index contributed by atoms with van der Waals surface area (Å²) in [7, 11) is 0. The second-order valence-electron chi connectivity index (χ2n) is 7.16. The molecule has 152 valence electrons. The van der Waals surface area contributed by atoms with Gasteiger partial charge in [-0.3, -0.25) is 9.69 Å². The van der Waals surface area contributed by atoms with Crippen LogP contribution in [0.5, 0.6) is 5.75 Å². The van der Waals surface area contributed by atoms with E-state index < -0.39 is 0 Å². The number of carbonyl (C=O) groups is 1. The lowest BCUT2D eigenvalue weighted by molar-refractivity contribution is 0.0938. The van der Waals surface area contributed by atoms with E-state index in [1.807, 2.05) is 30.5 Å². The molecule has 1 unspecified atom stereocenters. The minimum Gasteiger partial charge on any atom is -0.487 e. The van der Waals surface area contributed by atoms with E-state index in [-0.39, 0.29) is 11.9 Å². The highest BCUT2D eigenvalue weighted by Gasteiger charge is 2.24. The highest BCUT2D eigenvalue weighted by Crippen LogP contribution is 2.28. The first-order valence-corrected chi connectivity index (χ1v) is 11.6. The van der Waals surface area contributed by atoms with Gasteiger partial charge in [0.2, 0.25) is 0 Å². The van der Waals surface area contributed by atoms with Gasteiger partial charge < -0.3 is 10.1 Å². The zero-order valence-corrected chi connectivity index (χ0v) is 18.1. The summed E-state index contributed by atoms with van der Waals surface area (Å²) in [6.45, 7) is 5.19. The number of aromatic nitrogens is 1. The summed E-state index contributed by atoms with van der Waals surface area (Å²) in [5.74, 6) is 0.610. The molecule has 1 saturated heterocycles. The first-order valence-electron chi connectivity index (χ1n) is 9.88. The maximum atomic E-state index is 12.8. The van der Waals surface area contributed by atoms with Crippen LogP contribution in [0, 0.1) is 6.92 Å². The van der Waals surface area contributed by atoms with Crippen LogP contribution in [0.2, 0.25) is 0 Å². The van der Waals surface area contributed by atoms with Gasteiger partial charge in [-0.15, -0.1) is 22.7 Å². The SMILES string of the molecule is Cc1nc(COc2cccc(C(=O)NCC(c3cccs3)N3CCCC3)c2)cs1. The number of ether oxygens (including phenoxy) is 1. The fraction of sp³-hybridized carbons (Fsp3) is 0.364. The Morgan fingerprint density at radius 2 is 2.10 bits per heavy atom. The molecule has 29 heavy (non-hydrogen) atoms. The third-order valence-electron chi connectivity index (χ3n) is 5.06. The Balaban J connectivity index is 1.37. The van der Waals surface area contributed by atoms with Crippen LogP contribution in [0.3, 0.4) is 0 Å². The molecule has 3 heterocycles. The Bertz CT molecular complexity index is 933. The third-order valence-corrected chi connectivity index (χ3v) is 6.85. The molecule has 1 atom stereocenters. The van der Waals surface area contributed by atoms with Crippen LogP contribution in [0.25, 0.3) is 0 Å². The van der Waals surface area contributed by atoms with Crippen LogP contribution in [0.4, 0.5) is 0 Å². The number of rotatable bonds is 8. The molecular weight excluding hydrogens is 402 g/mol. The Morgan fingerprint density at radius 3 is 2.83 bits per heavy atom. The molecule has 0 spiro atoms. The number of nitrogens with one attached hydrogen (secondary N) is 1. The van der Waals surface area contributed by atoms with Crippen molar-refractivity contribution >= 4 is 28.6 Å². The number of thiazole rings is 1. The molecule has 4 rings (SSSR count). The van der Waals surface area contributed by atoms with Crippen molar-refractivity contribution in [1.82, 2.24) is 15.2 Å². The fourth-order valence-electron chi connectivity index (χ4n) is 3.59. The molecule has 1 N–H and O–H groups in total. The van der Waals surface area contributed by atoms with Crippen molar-refractivity contribution in [3.05, 3.63) is 68.3 Å². The van der Waals surface area contributed by atoms with Crippen molar-refractivity contribution in [1.29, 1.82) is 0 Å². The largest absolute Gasteiger partial charge is 0.487 e. The average molecular weight is 428 g/mol. The Kier molecular flexibility index (Phi) is 6.59. The smallest absolute Gasteiger partial charge is 0.251 e. The number of hydrogen-bond acceptors (Lipinski definition) is 6. The maximum Gasteiger partial charge on any atom is 0.251 e. The van der Waals surface area contributed by atoms with Gasteiger partial charge in [0, 0.05) is 22.4 Å². The number of amides is 1. The number of likely N-dealkylation sites (tertiary alicyclic amines) is 1. The molecule has 5 nitrogen and oxygen atoms in total. The standard InChI is InChI=1S/C22H25N3O2S2/c1-16-24-18(15-29-16)14-27-19-7-4-6-17(12-19)22(26)23-13-20(21-8-5-11-28-21)25-9-2-3-10-25/h4-8,11-12,15,20H,2-3,9-10,13-14H2,1H3,(H,23,26). The Hall–Kier alpha value is -2.22. The van der Waals surface area contributed by atoms with Crippen LogP contribution in [-0.2, 0) is 6.61 Å². The zero-order valence-electron chi connectivity index (χ0n) is 16.5. The van der Waals surface area contributed by atoms with Gasteiger partial charge >= 0.3 is 0 Å². The number of thiophene rings is 1. The fourth-order valence-corrected chi connectivity index (χ4v) is 5.05. The molecule has 3 aromatic rings. The summed E-state index contributed by atoms with van der Waals surface area (Å²) in [4.78, 5) is 21.0. The van der Waals surface area contributed by atoms with Crippen LogP contribution in [0.1, 0.15) is 44.8 Å². The van der Waals surface area contributed by atoms with E-state index in [4.69, 9.17) is 4.74 Å². The molecule has 2 aromatic heterocycles. The third kappa shape index (κ3) is 5.23. The Morgan fingerprint density at radius 1 is 1.24 bits per heavy atom. The van der Waals surface area contributed by atoms with E-state index in [9.17, 15) is 4.79 Å². The minimum atomic E-state index is -0.0688. The predicted molar refractivity (Wildman–Crippen MR) is 118 cm³/mol. The second kappa shape index (κ2) is 9.52. The van der Waals surface area contributed by atoms with Gasteiger partial charge in [0.05, 0.1) is 16.7 Å². The molecule has 1 fully saturated rings. The summed E-state index contributed by atoms with van der Waals surface area (Å²) < 4.78 is 5.82. The van der Waals surface area contributed by atoms with Gasteiger partial charge in [0.1, 0.15) is 12.4 Å². The van der Waals surface area contributed by atoms with Crippen molar-refractivity contribution in [3.63, 3.8) is 0 Å². The average Bonchev–Trinajstić information content (AvgIpc) is 3.50. The van der Waals surface area contributed by atoms with Gasteiger partial charge in [-0.2, -0.15) is 0 Å². The summed E-state index contributed by atoms with van der Waals surface area (Å²) >= 11 is 3.36. The lowest BCUT2D eigenvalue weighted by Crippen LogP contribution is -2.36. The van der Waals surface area contributed by atoms with E-state index in [2.05, 4.69) is 32.7 Å². The number of carbonyl (C=O) groups excluding carboxylic acids is 1. The highest BCUT2D eigenvalue weighted by atomic mass is 32.1. The van der Waals surface area contributed by atoms with Gasteiger partial charge in [-0.1, -0.05) is 12.1 Å². The highest BCUT2D eigenvalue weighted by molar-refractivity contribution is 7.10. The van der Waals surface area contributed by atoms with Crippen molar-refractivity contribution in [2.24, 2.45) is 0 Å². The molecule has 0 saturated carbocycles. The van der Waals surface area contributed by atoms with E-state index >= 15 is 0 Å². The molecule has 1 aliphatic heterocycles.